The molecule has 0 bridgehead atoms. The smallest absolute Gasteiger partial charge is 0.170 e. The third-order valence-corrected chi connectivity index (χ3v) is 2.62. The lowest BCUT2D eigenvalue weighted by Crippen LogP contribution is -2.08. The zero-order chi connectivity index (χ0) is 12.3. The van der Waals surface area contributed by atoms with Gasteiger partial charge in [0.25, 0.3) is 0 Å². The zero-order valence-electron chi connectivity index (χ0n) is 9.68. The van der Waals surface area contributed by atoms with Crippen LogP contribution in [0.2, 0.25) is 0 Å². The van der Waals surface area contributed by atoms with Gasteiger partial charge in [0.05, 0.1) is 5.56 Å². The van der Waals surface area contributed by atoms with Gasteiger partial charge < -0.3 is 5.73 Å². The monoisotopic (exact) mass is 226 g/mol. The van der Waals surface area contributed by atoms with Crippen molar-refractivity contribution in [1.82, 2.24) is 4.98 Å². The summed E-state index contributed by atoms with van der Waals surface area (Å²) in [5.41, 5.74) is 8.33. The van der Waals surface area contributed by atoms with E-state index in [0.29, 0.717) is 17.8 Å². The minimum absolute atomic E-state index is 0.000506. The first-order chi connectivity index (χ1) is 8.16. The Labute approximate surface area is 100 Å². The minimum Gasteiger partial charge on any atom is -0.383 e. The van der Waals surface area contributed by atoms with Crippen LogP contribution in [0.1, 0.15) is 21.5 Å². The number of hydrogen-bond acceptors (Lipinski definition) is 3. The maximum Gasteiger partial charge on any atom is 0.170 e. The third kappa shape index (κ3) is 2.69. The van der Waals surface area contributed by atoms with Crippen molar-refractivity contribution in [1.29, 1.82) is 0 Å². The summed E-state index contributed by atoms with van der Waals surface area (Å²) in [6.07, 6.45) is 1.94. The Kier molecular flexibility index (Phi) is 3.19. The molecule has 0 saturated heterocycles. The Morgan fingerprint density at radius 1 is 1.24 bits per heavy atom. The Morgan fingerprint density at radius 2 is 1.94 bits per heavy atom. The molecule has 2 rings (SSSR count). The van der Waals surface area contributed by atoms with Gasteiger partial charge in [-0.05, 0) is 24.6 Å². The lowest BCUT2D eigenvalue weighted by molar-refractivity contribution is 0.0993. The van der Waals surface area contributed by atoms with Gasteiger partial charge in [-0.2, -0.15) is 0 Å². The number of aryl methyl sites for hydroxylation is 1. The van der Waals surface area contributed by atoms with Crippen LogP contribution >= 0.6 is 0 Å². The highest BCUT2D eigenvalue weighted by Crippen LogP contribution is 2.12. The molecule has 0 radical (unpaired) electrons. The van der Waals surface area contributed by atoms with Crippen molar-refractivity contribution in [3.05, 3.63) is 59.3 Å². The SMILES string of the molecule is Cc1ccc(CC(=O)c2cccnc2N)cc1. The van der Waals surface area contributed by atoms with Gasteiger partial charge in [-0.3, -0.25) is 4.79 Å². The van der Waals surface area contributed by atoms with E-state index in [-0.39, 0.29) is 5.78 Å². The van der Waals surface area contributed by atoms with E-state index in [1.807, 2.05) is 31.2 Å². The molecule has 1 heterocycles. The summed E-state index contributed by atoms with van der Waals surface area (Å²) < 4.78 is 0. The first-order valence-corrected chi connectivity index (χ1v) is 5.46. The average Bonchev–Trinajstić information content (AvgIpc) is 2.32. The number of pyridine rings is 1. The molecule has 0 aliphatic rings. The van der Waals surface area contributed by atoms with Gasteiger partial charge >= 0.3 is 0 Å². The predicted molar refractivity (Wildman–Crippen MR) is 67.9 cm³/mol. The number of nitrogens with zero attached hydrogens (tertiary/aromatic N) is 1. The number of nitrogens with two attached hydrogens (primary N) is 1. The number of ketones is 1. The van der Waals surface area contributed by atoms with E-state index >= 15 is 0 Å². The second-order valence-corrected chi connectivity index (χ2v) is 4.02. The Bertz CT molecular complexity index is 532. The van der Waals surface area contributed by atoms with Crippen LogP contribution < -0.4 is 5.73 Å². The lowest BCUT2D eigenvalue weighted by Gasteiger charge is -2.04. The van der Waals surface area contributed by atoms with E-state index in [0.717, 1.165) is 5.56 Å². The van der Waals surface area contributed by atoms with E-state index in [2.05, 4.69) is 4.98 Å². The predicted octanol–water partition coefficient (Wildman–Crippen LogP) is 2.40. The van der Waals surface area contributed by atoms with Crippen LogP contribution in [0.15, 0.2) is 42.6 Å². The number of carbonyl (C=O) groups excluding carboxylic acids is 1. The maximum atomic E-state index is 12.0. The molecule has 0 atom stereocenters. The van der Waals surface area contributed by atoms with Crippen molar-refractivity contribution in [2.24, 2.45) is 0 Å². The molecule has 0 spiro atoms. The quantitative estimate of drug-likeness (QED) is 0.817. The molecule has 0 amide bonds. The van der Waals surface area contributed by atoms with Gasteiger partial charge in [-0.25, -0.2) is 4.98 Å². The molecule has 0 unspecified atom stereocenters. The number of benzene rings is 1. The highest BCUT2D eigenvalue weighted by atomic mass is 16.1. The molecule has 2 N–H and O–H groups in total. The lowest BCUT2D eigenvalue weighted by atomic mass is 10.0. The van der Waals surface area contributed by atoms with Crippen molar-refractivity contribution >= 4 is 11.6 Å². The van der Waals surface area contributed by atoms with Crippen LogP contribution in [0.5, 0.6) is 0 Å². The fourth-order valence-corrected chi connectivity index (χ4v) is 1.64. The molecule has 0 saturated carbocycles. The molecule has 3 heteroatoms. The van der Waals surface area contributed by atoms with Gasteiger partial charge in [0.15, 0.2) is 5.78 Å². The molecular formula is C14H14N2O. The summed E-state index contributed by atoms with van der Waals surface area (Å²) >= 11 is 0. The van der Waals surface area contributed by atoms with Crippen molar-refractivity contribution < 1.29 is 4.79 Å². The van der Waals surface area contributed by atoms with Crippen LogP contribution in [0.3, 0.4) is 0 Å². The Morgan fingerprint density at radius 3 is 2.59 bits per heavy atom. The molecule has 0 aliphatic carbocycles. The average molecular weight is 226 g/mol. The van der Waals surface area contributed by atoms with Crippen LogP contribution in [-0.2, 0) is 6.42 Å². The van der Waals surface area contributed by atoms with Gasteiger partial charge in [-0.15, -0.1) is 0 Å². The second-order valence-electron chi connectivity index (χ2n) is 4.02. The number of rotatable bonds is 3. The summed E-state index contributed by atoms with van der Waals surface area (Å²) in [6.45, 7) is 2.02. The topological polar surface area (TPSA) is 56.0 Å². The first-order valence-electron chi connectivity index (χ1n) is 5.46. The third-order valence-electron chi connectivity index (χ3n) is 2.62. The highest BCUT2D eigenvalue weighted by Gasteiger charge is 2.10. The number of aromatic nitrogens is 1. The number of anilines is 1. The van der Waals surface area contributed by atoms with Crippen molar-refractivity contribution in [3.8, 4) is 0 Å². The molecule has 17 heavy (non-hydrogen) atoms. The summed E-state index contributed by atoms with van der Waals surface area (Å²) in [7, 11) is 0. The van der Waals surface area contributed by atoms with E-state index < -0.39 is 0 Å². The molecular weight excluding hydrogens is 212 g/mol. The number of nitrogen functional groups attached to an aromatic ring is 1. The Balaban J connectivity index is 2.17. The number of carbonyl (C=O) groups is 1. The van der Waals surface area contributed by atoms with Gasteiger partial charge in [0.1, 0.15) is 5.82 Å². The molecule has 0 aliphatic heterocycles. The van der Waals surface area contributed by atoms with E-state index in [1.165, 1.54) is 5.56 Å². The van der Waals surface area contributed by atoms with Crippen LogP contribution in [0.4, 0.5) is 5.82 Å². The fourth-order valence-electron chi connectivity index (χ4n) is 1.64. The van der Waals surface area contributed by atoms with Gasteiger partial charge in [0.2, 0.25) is 0 Å². The number of hydrogen-bond donors (Lipinski definition) is 1. The first kappa shape index (κ1) is 11.3. The van der Waals surface area contributed by atoms with Crippen molar-refractivity contribution in [3.63, 3.8) is 0 Å². The largest absolute Gasteiger partial charge is 0.383 e. The molecule has 86 valence electrons. The normalized spacial score (nSPS) is 10.2. The maximum absolute atomic E-state index is 12.0. The molecule has 2 aromatic rings. The van der Waals surface area contributed by atoms with Gasteiger partial charge in [-0.1, -0.05) is 29.8 Å². The van der Waals surface area contributed by atoms with Crippen molar-refractivity contribution in [2.45, 2.75) is 13.3 Å². The minimum atomic E-state index is -0.000506. The second kappa shape index (κ2) is 4.78. The van der Waals surface area contributed by atoms with Crippen LogP contribution in [-0.4, -0.2) is 10.8 Å². The van der Waals surface area contributed by atoms with Crippen molar-refractivity contribution in [2.75, 3.05) is 5.73 Å². The summed E-state index contributed by atoms with van der Waals surface area (Å²) in [4.78, 5) is 15.9. The van der Waals surface area contributed by atoms with Crippen LogP contribution in [0.25, 0.3) is 0 Å². The Hall–Kier alpha value is -2.16. The van der Waals surface area contributed by atoms with E-state index in [4.69, 9.17) is 5.73 Å². The molecule has 1 aromatic carbocycles. The number of Topliss-reactive ketones (excluding diaryl/α,β-unsaturated/α-hetero) is 1. The standard InChI is InChI=1S/C14H14N2O/c1-10-4-6-11(7-5-10)9-13(17)12-3-2-8-16-14(12)15/h2-8H,9H2,1H3,(H2,15,16). The molecule has 1 aromatic heterocycles. The zero-order valence-corrected chi connectivity index (χ0v) is 9.68. The summed E-state index contributed by atoms with van der Waals surface area (Å²) in [6, 6.07) is 11.3. The fraction of sp³-hybridized carbons (Fsp3) is 0.143. The molecule has 3 nitrogen and oxygen atoms in total. The summed E-state index contributed by atoms with van der Waals surface area (Å²) in [5.74, 6) is 0.295. The van der Waals surface area contributed by atoms with Gasteiger partial charge in [0, 0.05) is 12.6 Å². The summed E-state index contributed by atoms with van der Waals surface area (Å²) in [5, 5.41) is 0. The highest BCUT2D eigenvalue weighted by molar-refractivity contribution is 6.01. The van der Waals surface area contributed by atoms with E-state index in [1.54, 1.807) is 18.3 Å². The molecule has 0 fully saturated rings. The van der Waals surface area contributed by atoms with Crippen LogP contribution in [0, 0.1) is 6.92 Å². The van der Waals surface area contributed by atoms with E-state index in [9.17, 15) is 4.79 Å².